The molecular weight excluding hydrogens is 246 g/mol. The van der Waals surface area contributed by atoms with Crippen molar-refractivity contribution in [3.63, 3.8) is 0 Å². The lowest BCUT2D eigenvalue weighted by Crippen LogP contribution is -2.31. The number of anilines is 1. The Morgan fingerprint density at radius 3 is 2.06 bits per heavy atom. The molecule has 102 valence electrons. The molecule has 1 unspecified atom stereocenters. The van der Waals surface area contributed by atoms with Crippen molar-refractivity contribution in [1.82, 2.24) is 0 Å². The Bertz CT molecular complexity index is 418. The normalized spacial score (nSPS) is 14.4. The molecule has 5 heteroatoms. The van der Waals surface area contributed by atoms with Crippen molar-refractivity contribution in [2.24, 2.45) is 5.41 Å². The number of rotatable bonds is 2. The third kappa shape index (κ3) is 3.62. The molecule has 1 aromatic rings. The molecule has 0 aliphatic heterocycles. The SMILES string of the molecule is CC(Nc1ccc(C(F)(F)F)cc1F)C(C)(C)C. The average Bonchev–Trinajstić information content (AvgIpc) is 2.17. The van der Waals surface area contributed by atoms with Gasteiger partial charge in [-0.3, -0.25) is 0 Å². The van der Waals surface area contributed by atoms with Gasteiger partial charge in [-0.25, -0.2) is 4.39 Å². The lowest BCUT2D eigenvalue weighted by molar-refractivity contribution is -0.137. The maximum absolute atomic E-state index is 13.6. The lowest BCUT2D eigenvalue weighted by Gasteiger charge is -2.29. The summed E-state index contributed by atoms with van der Waals surface area (Å²) < 4.78 is 50.7. The van der Waals surface area contributed by atoms with Gasteiger partial charge in [0.05, 0.1) is 11.3 Å². The molecule has 0 saturated heterocycles. The highest BCUT2D eigenvalue weighted by Gasteiger charge is 2.31. The highest BCUT2D eigenvalue weighted by Crippen LogP contribution is 2.32. The Morgan fingerprint density at radius 1 is 1.11 bits per heavy atom. The number of halogens is 4. The molecule has 0 heterocycles. The van der Waals surface area contributed by atoms with Crippen LogP contribution in [0.2, 0.25) is 0 Å². The lowest BCUT2D eigenvalue weighted by atomic mass is 9.88. The van der Waals surface area contributed by atoms with Gasteiger partial charge < -0.3 is 5.32 Å². The van der Waals surface area contributed by atoms with Gasteiger partial charge in [-0.2, -0.15) is 13.2 Å². The summed E-state index contributed by atoms with van der Waals surface area (Å²) in [7, 11) is 0. The standard InChI is InChI=1S/C13H17F4N/c1-8(12(2,3)4)18-11-6-5-9(7-10(11)14)13(15,16)17/h5-8,18H,1-4H3. The van der Waals surface area contributed by atoms with Crippen LogP contribution in [0.15, 0.2) is 18.2 Å². The zero-order valence-electron chi connectivity index (χ0n) is 10.8. The zero-order valence-corrected chi connectivity index (χ0v) is 10.8. The van der Waals surface area contributed by atoms with Gasteiger partial charge in [0.25, 0.3) is 0 Å². The first-order valence-corrected chi connectivity index (χ1v) is 5.65. The first kappa shape index (κ1) is 14.8. The van der Waals surface area contributed by atoms with Gasteiger partial charge in [-0.1, -0.05) is 20.8 Å². The van der Waals surface area contributed by atoms with Gasteiger partial charge >= 0.3 is 6.18 Å². The first-order chi connectivity index (χ1) is 8.01. The Balaban J connectivity index is 2.94. The number of hydrogen-bond acceptors (Lipinski definition) is 1. The molecule has 0 saturated carbocycles. The van der Waals surface area contributed by atoms with Gasteiger partial charge in [0.2, 0.25) is 0 Å². The van der Waals surface area contributed by atoms with Crippen LogP contribution in [0.4, 0.5) is 23.2 Å². The van der Waals surface area contributed by atoms with Crippen LogP contribution in [0, 0.1) is 11.2 Å². The fraction of sp³-hybridized carbons (Fsp3) is 0.538. The van der Waals surface area contributed by atoms with E-state index < -0.39 is 17.6 Å². The minimum absolute atomic E-state index is 0.0660. The molecular formula is C13H17F4N. The predicted octanol–water partition coefficient (Wildman–Crippen LogP) is 4.69. The second-order valence-corrected chi connectivity index (χ2v) is 5.42. The minimum Gasteiger partial charge on any atom is -0.380 e. The summed E-state index contributed by atoms with van der Waals surface area (Å²) >= 11 is 0. The van der Waals surface area contributed by atoms with E-state index in [1.807, 2.05) is 27.7 Å². The van der Waals surface area contributed by atoms with Crippen LogP contribution < -0.4 is 5.32 Å². The second kappa shape index (κ2) is 4.78. The molecule has 1 rings (SSSR count). The summed E-state index contributed by atoms with van der Waals surface area (Å²) in [6, 6.07) is 2.45. The van der Waals surface area contributed by atoms with Crippen molar-refractivity contribution in [3.05, 3.63) is 29.6 Å². The van der Waals surface area contributed by atoms with Gasteiger partial charge in [0.1, 0.15) is 5.82 Å². The zero-order chi connectivity index (χ0) is 14.1. The molecule has 1 atom stereocenters. The molecule has 1 aromatic carbocycles. The highest BCUT2D eigenvalue weighted by atomic mass is 19.4. The Labute approximate surface area is 104 Å². The van der Waals surface area contributed by atoms with Crippen LogP contribution in [0.25, 0.3) is 0 Å². The quantitative estimate of drug-likeness (QED) is 0.763. The van der Waals surface area contributed by atoms with Crippen LogP contribution in [0.5, 0.6) is 0 Å². The number of alkyl halides is 3. The van der Waals surface area contributed by atoms with Crippen molar-refractivity contribution in [2.75, 3.05) is 5.32 Å². The van der Waals surface area contributed by atoms with Crippen LogP contribution in [-0.2, 0) is 6.18 Å². The molecule has 0 aromatic heterocycles. The van der Waals surface area contributed by atoms with E-state index in [1.165, 1.54) is 0 Å². The maximum Gasteiger partial charge on any atom is 0.416 e. The Morgan fingerprint density at radius 2 is 1.67 bits per heavy atom. The largest absolute Gasteiger partial charge is 0.416 e. The average molecular weight is 263 g/mol. The summed E-state index contributed by atoms with van der Waals surface area (Å²) in [5.74, 6) is -0.888. The van der Waals surface area contributed by atoms with Gasteiger partial charge in [-0.15, -0.1) is 0 Å². The smallest absolute Gasteiger partial charge is 0.380 e. The molecule has 1 nitrogen and oxygen atoms in total. The predicted molar refractivity (Wildman–Crippen MR) is 63.9 cm³/mol. The van der Waals surface area contributed by atoms with Gasteiger partial charge in [-0.05, 0) is 30.5 Å². The van der Waals surface area contributed by atoms with Crippen molar-refractivity contribution >= 4 is 5.69 Å². The molecule has 0 bridgehead atoms. The van der Waals surface area contributed by atoms with Crippen molar-refractivity contribution in [3.8, 4) is 0 Å². The molecule has 0 radical (unpaired) electrons. The molecule has 0 amide bonds. The monoisotopic (exact) mass is 263 g/mol. The van der Waals surface area contributed by atoms with E-state index in [4.69, 9.17) is 0 Å². The van der Waals surface area contributed by atoms with Crippen molar-refractivity contribution in [1.29, 1.82) is 0 Å². The van der Waals surface area contributed by atoms with E-state index in [9.17, 15) is 17.6 Å². The van der Waals surface area contributed by atoms with E-state index in [-0.39, 0.29) is 17.1 Å². The summed E-state index contributed by atoms with van der Waals surface area (Å²) in [4.78, 5) is 0. The molecule has 0 aliphatic rings. The highest BCUT2D eigenvalue weighted by molar-refractivity contribution is 5.47. The maximum atomic E-state index is 13.6. The molecule has 0 fully saturated rings. The third-order valence-electron chi connectivity index (χ3n) is 2.97. The van der Waals surface area contributed by atoms with E-state index in [0.717, 1.165) is 12.1 Å². The fourth-order valence-corrected chi connectivity index (χ4v) is 1.26. The topological polar surface area (TPSA) is 12.0 Å². The number of benzene rings is 1. The molecule has 18 heavy (non-hydrogen) atoms. The third-order valence-corrected chi connectivity index (χ3v) is 2.97. The second-order valence-electron chi connectivity index (χ2n) is 5.42. The number of hydrogen-bond donors (Lipinski definition) is 1. The summed E-state index contributed by atoms with van der Waals surface area (Å²) in [6.07, 6.45) is -4.52. The summed E-state index contributed by atoms with van der Waals surface area (Å²) in [5.41, 5.74) is -1.01. The molecule has 0 spiro atoms. The molecule has 0 aliphatic carbocycles. The minimum atomic E-state index is -4.52. The van der Waals surface area contributed by atoms with Crippen LogP contribution >= 0.6 is 0 Å². The van der Waals surface area contributed by atoms with E-state index in [1.54, 1.807) is 0 Å². The van der Waals surface area contributed by atoms with Gasteiger partial charge in [0, 0.05) is 6.04 Å². The summed E-state index contributed by atoms with van der Waals surface area (Å²) in [5, 5.41) is 2.89. The van der Waals surface area contributed by atoms with Crippen LogP contribution in [-0.4, -0.2) is 6.04 Å². The van der Waals surface area contributed by atoms with Crippen molar-refractivity contribution in [2.45, 2.75) is 39.9 Å². The molecule has 1 N–H and O–H groups in total. The Hall–Kier alpha value is -1.26. The van der Waals surface area contributed by atoms with Crippen LogP contribution in [0.1, 0.15) is 33.3 Å². The van der Waals surface area contributed by atoms with Crippen LogP contribution in [0.3, 0.4) is 0 Å². The number of nitrogens with one attached hydrogen (secondary N) is 1. The van der Waals surface area contributed by atoms with Gasteiger partial charge in [0.15, 0.2) is 0 Å². The first-order valence-electron chi connectivity index (χ1n) is 5.65. The van der Waals surface area contributed by atoms with Crippen molar-refractivity contribution < 1.29 is 17.6 Å². The van der Waals surface area contributed by atoms with E-state index in [0.29, 0.717) is 6.07 Å². The summed E-state index contributed by atoms with van der Waals surface area (Å²) in [6.45, 7) is 7.75. The van der Waals surface area contributed by atoms with E-state index >= 15 is 0 Å². The van der Waals surface area contributed by atoms with E-state index in [2.05, 4.69) is 5.32 Å². The fourth-order valence-electron chi connectivity index (χ4n) is 1.26. The Kier molecular flexibility index (Phi) is 3.93.